The first-order chi connectivity index (χ1) is 12.3. The number of sulfone groups is 1. The van der Waals surface area contributed by atoms with E-state index in [9.17, 15) is 13.2 Å². The molecule has 2 aliphatic rings. The van der Waals surface area contributed by atoms with E-state index in [0.29, 0.717) is 35.0 Å². The molecule has 1 fully saturated rings. The van der Waals surface area contributed by atoms with Crippen LogP contribution >= 0.6 is 11.6 Å². The number of benzene rings is 1. The third kappa shape index (κ3) is 3.12. The Morgan fingerprint density at radius 3 is 2.88 bits per heavy atom. The third-order valence-electron chi connectivity index (χ3n) is 4.34. The zero-order chi connectivity index (χ0) is 18.5. The maximum atomic E-state index is 12.6. The number of halogens is 1. The van der Waals surface area contributed by atoms with E-state index in [1.807, 2.05) is 0 Å². The molecule has 10 heteroatoms. The molecule has 1 N–H and O–H groups in total. The van der Waals surface area contributed by atoms with Crippen molar-refractivity contribution >= 4 is 33.2 Å². The van der Waals surface area contributed by atoms with Crippen molar-refractivity contribution in [3.8, 4) is 11.5 Å². The molecular weight excluding hydrogens is 382 g/mol. The third-order valence-corrected chi connectivity index (χ3v) is 6.37. The summed E-state index contributed by atoms with van der Waals surface area (Å²) in [5, 5.41) is 7.42. The van der Waals surface area contributed by atoms with Crippen LogP contribution < -0.4 is 14.8 Å². The Labute approximate surface area is 155 Å². The highest BCUT2D eigenvalue weighted by Crippen LogP contribution is 2.40. The normalized spacial score (nSPS) is 20.3. The lowest BCUT2D eigenvalue weighted by molar-refractivity contribution is 0.102. The van der Waals surface area contributed by atoms with E-state index in [1.54, 1.807) is 23.7 Å². The van der Waals surface area contributed by atoms with E-state index in [0.717, 1.165) is 0 Å². The summed E-state index contributed by atoms with van der Waals surface area (Å²) in [4.78, 5) is 12.6. The average Bonchev–Trinajstić information content (AvgIpc) is 3.26. The van der Waals surface area contributed by atoms with Gasteiger partial charge in [0.1, 0.15) is 5.82 Å². The Bertz CT molecular complexity index is 1000. The van der Waals surface area contributed by atoms with E-state index in [1.165, 1.54) is 6.07 Å². The maximum absolute atomic E-state index is 12.6. The van der Waals surface area contributed by atoms with E-state index in [-0.39, 0.29) is 29.4 Å². The Balaban J connectivity index is 1.60. The van der Waals surface area contributed by atoms with Crippen molar-refractivity contribution in [2.75, 3.05) is 23.6 Å². The Morgan fingerprint density at radius 1 is 1.35 bits per heavy atom. The predicted molar refractivity (Wildman–Crippen MR) is 94.8 cm³/mol. The maximum Gasteiger partial charge on any atom is 0.257 e. The summed E-state index contributed by atoms with van der Waals surface area (Å²) < 4.78 is 35.6. The van der Waals surface area contributed by atoms with Gasteiger partial charge in [-0.2, -0.15) is 5.10 Å². The van der Waals surface area contributed by atoms with Crippen molar-refractivity contribution in [3.63, 3.8) is 0 Å². The number of ether oxygens (including phenoxy) is 2. The molecule has 1 amide bonds. The summed E-state index contributed by atoms with van der Waals surface area (Å²) >= 11 is 6.12. The number of amides is 1. The van der Waals surface area contributed by atoms with Crippen LogP contribution in [0.15, 0.2) is 18.2 Å². The number of nitrogens with one attached hydrogen (secondary N) is 1. The molecule has 1 atom stereocenters. The molecule has 0 saturated carbocycles. The topological polar surface area (TPSA) is 99.5 Å². The first kappa shape index (κ1) is 17.2. The highest BCUT2D eigenvalue weighted by molar-refractivity contribution is 7.91. The van der Waals surface area contributed by atoms with Crippen LogP contribution in [0.25, 0.3) is 0 Å². The molecule has 138 valence electrons. The van der Waals surface area contributed by atoms with Crippen LogP contribution in [-0.4, -0.2) is 42.4 Å². The minimum absolute atomic E-state index is 0.0207. The van der Waals surface area contributed by atoms with Crippen molar-refractivity contribution in [2.45, 2.75) is 19.4 Å². The highest BCUT2D eigenvalue weighted by atomic mass is 35.5. The van der Waals surface area contributed by atoms with Crippen molar-refractivity contribution in [3.05, 3.63) is 34.5 Å². The van der Waals surface area contributed by atoms with Crippen molar-refractivity contribution in [2.24, 2.45) is 0 Å². The fraction of sp³-hybridized carbons (Fsp3) is 0.375. The van der Waals surface area contributed by atoms with Crippen molar-refractivity contribution in [1.29, 1.82) is 0 Å². The summed E-state index contributed by atoms with van der Waals surface area (Å²) in [5.74, 6) is 1.03. The summed E-state index contributed by atoms with van der Waals surface area (Å²) in [6.45, 7) is 1.84. The van der Waals surface area contributed by atoms with Gasteiger partial charge < -0.3 is 14.8 Å². The van der Waals surface area contributed by atoms with Gasteiger partial charge in [0, 0.05) is 11.6 Å². The lowest BCUT2D eigenvalue weighted by atomic mass is 10.2. The number of hydrogen-bond acceptors (Lipinski definition) is 6. The molecule has 2 aromatic rings. The van der Waals surface area contributed by atoms with Gasteiger partial charge >= 0.3 is 0 Å². The number of anilines is 1. The standard InChI is InChI=1S/C16H16ClN3O5S/c1-9-4-14(20(19-9)11-2-3-26(22,23)7-11)18-16(21)10-5-12(17)15-13(6-10)24-8-25-15/h4-6,11H,2-3,7-8H2,1H3,(H,18,21). The fourth-order valence-electron chi connectivity index (χ4n) is 3.14. The Morgan fingerprint density at radius 2 is 2.15 bits per heavy atom. The van der Waals surface area contributed by atoms with Crippen LogP contribution in [0.5, 0.6) is 11.5 Å². The van der Waals surface area contributed by atoms with E-state index < -0.39 is 15.7 Å². The molecule has 1 unspecified atom stereocenters. The summed E-state index contributed by atoms with van der Waals surface area (Å²) in [6, 6.07) is 4.47. The number of hydrogen-bond donors (Lipinski definition) is 1. The summed E-state index contributed by atoms with van der Waals surface area (Å²) in [7, 11) is -3.07. The Kier molecular flexibility index (Phi) is 4.07. The molecular formula is C16H16ClN3O5S. The minimum Gasteiger partial charge on any atom is -0.454 e. The number of aromatic nitrogens is 2. The number of nitrogens with zero attached hydrogens (tertiary/aromatic N) is 2. The van der Waals surface area contributed by atoms with Gasteiger partial charge in [-0.3, -0.25) is 4.79 Å². The van der Waals surface area contributed by atoms with Gasteiger partial charge in [-0.15, -0.1) is 0 Å². The zero-order valence-corrected chi connectivity index (χ0v) is 15.4. The number of carbonyl (C=O) groups is 1. The smallest absolute Gasteiger partial charge is 0.257 e. The summed E-state index contributed by atoms with van der Waals surface area (Å²) in [5.41, 5.74) is 0.997. The SMILES string of the molecule is Cc1cc(NC(=O)c2cc(Cl)c3c(c2)OCO3)n(C2CCS(=O)(=O)C2)n1. The average molecular weight is 398 g/mol. The quantitative estimate of drug-likeness (QED) is 0.852. The second kappa shape index (κ2) is 6.17. The highest BCUT2D eigenvalue weighted by Gasteiger charge is 2.31. The molecule has 0 spiro atoms. The molecule has 4 rings (SSSR count). The number of rotatable bonds is 3. The molecule has 0 radical (unpaired) electrons. The van der Waals surface area contributed by atoms with Crippen LogP contribution in [0, 0.1) is 6.92 Å². The van der Waals surface area contributed by atoms with Gasteiger partial charge in [-0.1, -0.05) is 11.6 Å². The molecule has 2 aliphatic heterocycles. The first-order valence-corrected chi connectivity index (χ1v) is 10.2. The van der Waals surface area contributed by atoms with Crippen LogP contribution in [0.1, 0.15) is 28.5 Å². The van der Waals surface area contributed by atoms with Gasteiger partial charge in [0.15, 0.2) is 21.3 Å². The molecule has 1 saturated heterocycles. The van der Waals surface area contributed by atoms with E-state index in [4.69, 9.17) is 21.1 Å². The van der Waals surface area contributed by atoms with Crippen LogP contribution in [-0.2, 0) is 9.84 Å². The van der Waals surface area contributed by atoms with Crippen LogP contribution in [0.2, 0.25) is 5.02 Å². The zero-order valence-electron chi connectivity index (χ0n) is 13.9. The van der Waals surface area contributed by atoms with Gasteiger partial charge in [0.2, 0.25) is 6.79 Å². The fourth-order valence-corrected chi connectivity index (χ4v) is 5.10. The van der Waals surface area contributed by atoms with E-state index >= 15 is 0 Å². The second-order valence-electron chi connectivity index (χ2n) is 6.32. The number of carbonyl (C=O) groups excluding carboxylic acids is 1. The van der Waals surface area contributed by atoms with E-state index in [2.05, 4.69) is 10.4 Å². The largest absolute Gasteiger partial charge is 0.454 e. The second-order valence-corrected chi connectivity index (χ2v) is 8.95. The minimum atomic E-state index is -3.07. The van der Waals surface area contributed by atoms with Gasteiger partial charge in [-0.05, 0) is 25.5 Å². The molecule has 3 heterocycles. The summed E-state index contributed by atoms with van der Waals surface area (Å²) in [6.07, 6.45) is 0.474. The van der Waals surface area contributed by atoms with Gasteiger partial charge in [-0.25, -0.2) is 13.1 Å². The molecule has 26 heavy (non-hydrogen) atoms. The molecule has 1 aromatic carbocycles. The molecule has 0 bridgehead atoms. The predicted octanol–water partition coefficient (Wildman–Crippen LogP) is 2.19. The monoisotopic (exact) mass is 397 g/mol. The first-order valence-electron chi connectivity index (χ1n) is 7.99. The van der Waals surface area contributed by atoms with Gasteiger partial charge in [0.05, 0.1) is 28.3 Å². The lowest BCUT2D eigenvalue weighted by Gasteiger charge is -2.14. The molecule has 0 aliphatic carbocycles. The van der Waals surface area contributed by atoms with Crippen molar-refractivity contribution in [1.82, 2.24) is 9.78 Å². The van der Waals surface area contributed by atoms with Crippen LogP contribution in [0.3, 0.4) is 0 Å². The van der Waals surface area contributed by atoms with Gasteiger partial charge in [0.25, 0.3) is 5.91 Å². The molecule has 8 nitrogen and oxygen atoms in total. The Hall–Kier alpha value is -2.26. The van der Waals surface area contributed by atoms with Crippen LogP contribution in [0.4, 0.5) is 5.82 Å². The molecule has 1 aromatic heterocycles. The number of fused-ring (bicyclic) bond motifs is 1. The van der Waals surface area contributed by atoms with Crippen molar-refractivity contribution < 1.29 is 22.7 Å². The lowest BCUT2D eigenvalue weighted by Crippen LogP contribution is -2.19. The number of aryl methyl sites for hydroxylation is 1.